The molecule has 0 fully saturated rings. The second-order valence-corrected chi connectivity index (χ2v) is 6.74. The second kappa shape index (κ2) is 9.14. The molecular formula is C22H23N3O4. The fourth-order valence-corrected chi connectivity index (χ4v) is 2.94. The first-order chi connectivity index (χ1) is 14.0. The molecule has 0 bridgehead atoms. The minimum absolute atomic E-state index is 0.0227. The Labute approximate surface area is 168 Å². The third-order valence-electron chi connectivity index (χ3n) is 4.62. The van der Waals surface area contributed by atoms with Gasteiger partial charge in [0.05, 0.1) is 17.3 Å². The largest absolute Gasteiger partial charge is 0.453 e. The Morgan fingerprint density at radius 2 is 1.79 bits per heavy atom. The van der Waals surface area contributed by atoms with Crippen molar-refractivity contribution in [3.63, 3.8) is 0 Å². The highest BCUT2D eigenvalue weighted by atomic mass is 16.5. The number of ether oxygens (including phenoxy) is 1. The van der Waals surface area contributed by atoms with E-state index < -0.39 is 12.1 Å². The second-order valence-electron chi connectivity index (χ2n) is 6.74. The van der Waals surface area contributed by atoms with E-state index in [4.69, 9.17) is 4.74 Å². The first kappa shape index (κ1) is 20.3. The lowest BCUT2D eigenvalue weighted by molar-refractivity contribution is -0.154. The van der Waals surface area contributed by atoms with Crippen molar-refractivity contribution in [1.82, 2.24) is 14.9 Å². The van der Waals surface area contributed by atoms with E-state index in [-0.39, 0.29) is 24.3 Å². The normalized spacial score (nSPS) is 11.8. The number of amides is 1. The Balaban J connectivity index is 1.54. The van der Waals surface area contributed by atoms with E-state index in [2.05, 4.69) is 10.3 Å². The quantitative estimate of drug-likeness (QED) is 0.621. The number of fused-ring (bicyclic) bond motifs is 1. The summed E-state index contributed by atoms with van der Waals surface area (Å²) in [6.07, 6.45) is -0.637. The smallest absolute Gasteiger partial charge is 0.307 e. The van der Waals surface area contributed by atoms with Crippen LogP contribution >= 0.6 is 0 Å². The number of carbonyl (C=O) groups is 2. The molecule has 29 heavy (non-hydrogen) atoms. The summed E-state index contributed by atoms with van der Waals surface area (Å²) in [5.41, 5.74) is 1.39. The maximum Gasteiger partial charge on any atom is 0.307 e. The molecule has 7 nitrogen and oxygen atoms in total. The van der Waals surface area contributed by atoms with E-state index in [1.54, 1.807) is 25.2 Å². The summed E-state index contributed by atoms with van der Waals surface area (Å²) >= 11 is 0. The van der Waals surface area contributed by atoms with Crippen LogP contribution in [0.1, 0.15) is 24.7 Å². The van der Waals surface area contributed by atoms with E-state index in [0.717, 1.165) is 5.56 Å². The molecule has 0 aliphatic heterocycles. The monoisotopic (exact) mass is 393 g/mol. The van der Waals surface area contributed by atoms with E-state index in [9.17, 15) is 14.4 Å². The summed E-state index contributed by atoms with van der Waals surface area (Å²) in [6, 6.07) is 16.6. The van der Waals surface area contributed by atoms with Crippen LogP contribution < -0.4 is 10.9 Å². The average Bonchev–Trinajstić information content (AvgIpc) is 2.74. The predicted molar refractivity (Wildman–Crippen MR) is 109 cm³/mol. The van der Waals surface area contributed by atoms with Gasteiger partial charge < -0.3 is 10.1 Å². The van der Waals surface area contributed by atoms with E-state index in [1.807, 2.05) is 36.4 Å². The molecular weight excluding hydrogens is 370 g/mol. The molecule has 7 heteroatoms. The molecule has 0 spiro atoms. The molecule has 3 rings (SSSR count). The van der Waals surface area contributed by atoms with Crippen molar-refractivity contribution >= 4 is 22.8 Å². The van der Waals surface area contributed by atoms with E-state index >= 15 is 0 Å². The summed E-state index contributed by atoms with van der Waals surface area (Å²) in [7, 11) is 1.63. The van der Waals surface area contributed by atoms with Crippen LogP contribution in [0.2, 0.25) is 0 Å². The molecule has 0 saturated heterocycles. The zero-order valence-corrected chi connectivity index (χ0v) is 16.4. The number of nitrogens with one attached hydrogen (secondary N) is 1. The number of hydrogen-bond acceptors (Lipinski definition) is 5. The van der Waals surface area contributed by atoms with Crippen LogP contribution in [0, 0.1) is 0 Å². The molecule has 3 aromatic rings. The van der Waals surface area contributed by atoms with Crippen molar-refractivity contribution in [3.8, 4) is 0 Å². The van der Waals surface area contributed by atoms with Gasteiger partial charge in [0.15, 0.2) is 6.10 Å². The third-order valence-corrected chi connectivity index (χ3v) is 4.62. The van der Waals surface area contributed by atoms with Gasteiger partial charge in [0.25, 0.3) is 11.5 Å². The van der Waals surface area contributed by atoms with Crippen LogP contribution in [-0.4, -0.2) is 27.5 Å². The molecule has 1 N–H and O–H groups in total. The van der Waals surface area contributed by atoms with Gasteiger partial charge in [0.1, 0.15) is 5.82 Å². The lowest BCUT2D eigenvalue weighted by Crippen LogP contribution is -2.35. The van der Waals surface area contributed by atoms with Crippen LogP contribution in [-0.2, 0) is 34.3 Å². The molecule has 2 aromatic carbocycles. The fourth-order valence-electron chi connectivity index (χ4n) is 2.94. The summed E-state index contributed by atoms with van der Waals surface area (Å²) in [4.78, 5) is 41.1. The number of benzene rings is 2. The number of carbonyl (C=O) groups excluding carboxylic acids is 2. The van der Waals surface area contributed by atoms with Crippen molar-refractivity contribution in [2.45, 2.75) is 32.4 Å². The lowest BCUT2D eigenvalue weighted by atomic mass is 10.2. The van der Waals surface area contributed by atoms with Crippen LogP contribution in [0.3, 0.4) is 0 Å². The van der Waals surface area contributed by atoms with Crippen LogP contribution in [0.5, 0.6) is 0 Å². The molecule has 0 saturated carbocycles. The third kappa shape index (κ3) is 5.07. The highest BCUT2D eigenvalue weighted by Gasteiger charge is 2.18. The standard InChI is InChI=1S/C22H23N3O4/c1-15(21(27)23-14-16-8-4-3-5-9-16)29-20(26)13-12-19-24-18-11-7-6-10-17(18)22(28)25(19)2/h3-11,15H,12-14H2,1-2H3,(H,23,27). The van der Waals surface area contributed by atoms with Crippen molar-refractivity contribution in [2.24, 2.45) is 7.05 Å². The predicted octanol–water partition coefficient (Wildman–Crippen LogP) is 2.11. The number of para-hydroxylation sites is 1. The van der Waals surface area contributed by atoms with Crippen LogP contribution in [0.25, 0.3) is 10.9 Å². The van der Waals surface area contributed by atoms with Gasteiger partial charge in [0, 0.05) is 20.0 Å². The number of esters is 1. The number of nitrogens with zero attached hydrogens (tertiary/aromatic N) is 2. The van der Waals surface area contributed by atoms with Gasteiger partial charge >= 0.3 is 5.97 Å². The van der Waals surface area contributed by atoms with E-state index in [1.165, 1.54) is 11.5 Å². The summed E-state index contributed by atoms with van der Waals surface area (Å²) < 4.78 is 6.65. The topological polar surface area (TPSA) is 90.3 Å². The van der Waals surface area contributed by atoms with Crippen LogP contribution in [0.15, 0.2) is 59.4 Å². The highest BCUT2D eigenvalue weighted by Crippen LogP contribution is 2.09. The zero-order chi connectivity index (χ0) is 20.8. The number of aryl methyl sites for hydroxylation is 1. The average molecular weight is 393 g/mol. The molecule has 1 heterocycles. The SMILES string of the molecule is CC(OC(=O)CCc1nc2ccccc2c(=O)n1C)C(=O)NCc1ccccc1. The lowest BCUT2D eigenvalue weighted by Gasteiger charge is -2.14. The fraction of sp³-hybridized carbons (Fsp3) is 0.273. The van der Waals surface area contributed by atoms with E-state index in [0.29, 0.717) is 23.3 Å². The highest BCUT2D eigenvalue weighted by molar-refractivity contribution is 5.83. The summed E-state index contributed by atoms with van der Waals surface area (Å²) in [6.45, 7) is 1.90. The Kier molecular flexibility index (Phi) is 6.39. The number of rotatable bonds is 7. The van der Waals surface area contributed by atoms with Gasteiger partial charge in [-0.3, -0.25) is 19.0 Å². The zero-order valence-electron chi connectivity index (χ0n) is 16.4. The van der Waals surface area contributed by atoms with Gasteiger partial charge in [-0.25, -0.2) is 4.98 Å². The first-order valence-electron chi connectivity index (χ1n) is 9.41. The molecule has 1 unspecified atom stereocenters. The Bertz CT molecular complexity index is 1080. The van der Waals surface area contributed by atoms with Gasteiger partial charge in [-0.2, -0.15) is 0 Å². The van der Waals surface area contributed by atoms with Crippen molar-refractivity contribution in [3.05, 3.63) is 76.3 Å². The van der Waals surface area contributed by atoms with Gasteiger partial charge in [0.2, 0.25) is 0 Å². The molecule has 0 radical (unpaired) electrons. The first-order valence-corrected chi connectivity index (χ1v) is 9.41. The maximum atomic E-state index is 12.4. The van der Waals surface area contributed by atoms with Crippen molar-refractivity contribution < 1.29 is 14.3 Å². The van der Waals surface area contributed by atoms with Gasteiger partial charge in [-0.1, -0.05) is 42.5 Å². The maximum absolute atomic E-state index is 12.4. The molecule has 1 atom stereocenters. The summed E-state index contributed by atoms with van der Waals surface area (Å²) in [5, 5.41) is 3.27. The van der Waals surface area contributed by atoms with Gasteiger partial charge in [-0.15, -0.1) is 0 Å². The number of hydrogen-bond donors (Lipinski definition) is 1. The Morgan fingerprint density at radius 3 is 2.55 bits per heavy atom. The van der Waals surface area contributed by atoms with Gasteiger partial charge in [-0.05, 0) is 24.6 Å². The molecule has 1 aromatic heterocycles. The molecule has 150 valence electrons. The van der Waals surface area contributed by atoms with Crippen molar-refractivity contribution in [1.29, 1.82) is 0 Å². The minimum atomic E-state index is -0.903. The molecule has 1 amide bonds. The number of aromatic nitrogens is 2. The molecule has 0 aliphatic rings. The Hall–Kier alpha value is -3.48. The van der Waals surface area contributed by atoms with Crippen molar-refractivity contribution in [2.75, 3.05) is 0 Å². The van der Waals surface area contributed by atoms with Crippen LogP contribution in [0.4, 0.5) is 0 Å². The minimum Gasteiger partial charge on any atom is -0.453 e. The summed E-state index contributed by atoms with van der Waals surface area (Å²) in [5.74, 6) is -0.389. The molecule has 0 aliphatic carbocycles. The Morgan fingerprint density at radius 1 is 1.10 bits per heavy atom.